The molecule has 2 saturated heterocycles. The van der Waals surface area contributed by atoms with Crippen LogP contribution in [0.4, 0.5) is 0 Å². The average Bonchev–Trinajstić information content (AvgIpc) is 2.40. The van der Waals surface area contributed by atoms with Crippen LogP contribution in [0.15, 0.2) is 0 Å². The molecule has 2 rings (SSSR count). The zero-order valence-corrected chi connectivity index (χ0v) is 12.2. The number of ether oxygens (including phenoxy) is 2. The number of hydrogen-bond donors (Lipinski definition) is 0. The summed E-state index contributed by atoms with van der Waals surface area (Å²) in [5.41, 5.74) is 0.0426. The van der Waals surface area contributed by atoms with Gasteiger partial charge >= 0.3 is 0 Å². The highest BCUT2D eigenvalue weighted by atomic mass is 16.5. The molecule has 0 saturated carbocycles. The third-order valence-corrected chi connectivity index (χ3v) is 4.49. The Bertz CT molecular complexity index is 313. The fourth-order valence-electron chi connectivity index (χ4n) is 3.42. The summed E-state index contributed by atoms with van der Waals surface area (Å²) >= 11 is 0. The minimum Gasteiger partial charge on any atom is -0.381 e. The van der Waals surface area contributed by atoms with Gasteiger partial charge in [-0.1, -0.05) is 0 Å². The van der Waals surface area contributed by atoms with Crippen molar-refractivity contribution in [1.82, 2.24) is 4.90 Å². The van der Waals surface area contributed by atoms with Crippen LogP contribution in [0.25, 0.3) is 0 Å². The Morgan fingerprint density at radius 3 is 2.68 bits per heavy atom. The van der Waals surface area contributed by atoms with Crippen LogP contribution in [0.1, 0.15) is 46.0 Å². The third kappa shape index (κ3) is 3.68. The minimum atomic E-state index is 0.0426. The van der Waals surface area contributed by atoms with E-state index in [-0.39, 0.29) is 5.60 Å². The highest BCUT2D eigenvalue weighted by Crippen LogP contribution is 2.36. The molecule has 0 aliphatic carbocycles. The molecule has 1 atom stereocenters. The van der Waals surface area contributed by atoms with Crippen LogP contribution in [0.3, 0.4) is 0 Å². The van der Waals surface area contributed by atoms with Gasteiger partial charge in [0.25, 0.3) is 0 Å². The summed E-state index contributed by atoms with van der Waals surface area (Å²) in [7, 11) is 0. The first-order valence-corrected chi connectivity index (χ1v) is 7.51. The number of nitriles is 1. The van der Waals surface area contributed by atoms with Gasteiger partial charge in [0.15, 0.2) is 0 Å². The highest BCUT2D eigenvalue weighted by Gasteiger charge is 2.40. The van der Waals surface area contributed by atoms with Crippen molar-refractivity contribution >= 4 is 0 Å². The lowest BCUT2D eigenvalue weighted by atomic mass is 9.83. The smallest absolute Gasteiger partial charge is 0.0741 e. The van der Waals surface area contributed by atoms with Crippen molar-refractivity contribution in [1.29, 1.82) is 5.26 Å². The fraction of sp³-hybridized carbons (Fsp3) is 0.933. The summed E-state index contributed by atoms with van der Waals surface area (Å²) in [4.78, 5) is 2.49. The van der Waals surface area contributed by atoms with E-state index in [1.54, 1.807) is 0 Å². The predicted octanol–water partition coefficient (Wildman–Crippen LogP) is 2.34. The van der Waals surface area contributed by atoms with E-state index < -0.39 is 0 Å². The van der Waals surface area contributed by atoms with Crippen molar-refractivity contribution in [3.63, 3.8) is 0 Å². The van der Waals surface area contributed by atoms with Crippen molar-refractivity contribution in [2.45, 2.75) is 63.6 Å². The van der Waals surface area contributed by atoms with Gasteiger partial charge in [-0.25, -0.2) is 0 Å². The Labute approximate surface area is 116 Å². The summed E-state index contributed by atoms with van der Waals surface area (Å²) in [5.74, 6) is 0. The second-order valence-electron chi connectivity index (χ2n) is 6.03. The maximum atomic E-state index is 8.82. The molecule has 4 nitrogen and oxygen atoms in total. The molecule has 1 unspecified atom stereocenters. The molecule has 0 bridgehead atoms. The van der Waals surface area contributed by atoms with Gasteiger partial charge in [0.2, 0.25) is 0 Å². The van der Waals surface area contributed by atoms with E-state index in [0.717, 1.165) is 52.0 Å². The molecule has 0 aromatic carbocycles. The van der Waals surface area contributed by atoms with Crippen LogP contribution >= 0.6 is 0 Å². The van der Waals surface area contributed by atoms with Crippen LogP contribution < -0.4 is 0 Å². The largest absolute Gasteiger partial charge is 0.381 e. The second-order valence-corrected chi connectivity index (χ2v) is 6.03. The first-order chi connectivity index (χ1) is 9.17. The molecule has 1 spiro atoms. The van der Waals surface area contributed by atoms with Crippen molar-refractivity contribution in [3.8, 4) is 6.07 Å². The third-order valence-electron chi connectivity index (χ3n) is 4.49. The van der Waals surface area contributed by atoms with Gasteiger partial charge in [0, 0.05) is 44.9 Å². The molecule has 0 radical (unpaired) electrons. The summed E-state index contributed by atoms with van der Waals surface area (Å²) in [5, 5.41) is 8.82. The first-order valence-electron chi connectivity index (χ1n) is 7.51. The molecule has 4 heteroatoms. The molecule has 0 N–H and O–H groups in total. The Hall–Kier alpha value is -0.630. The molecule has 0 aromatic heterocycles. The fourth-order valence-corrected chi connectivity index (χ4v) is 3.42. The quantitative estimate of drug-likeness (QED) is 0.783. The standard InChI is InChI=1S/C15H26N2O2/c1-13(2)17(8-3-7-16)14-4-9-19-15(12-14)5-10-18-11-6-15/h13-14H,3-6,8-12H2,1-2H3. The van der Waals surface area contributed by atoms with Gasteiger partial charge in [-0.2, -0.15) is 5.26 Å². The van der Waals surface area contributed by atoms with Gasteiger partial charge < -0.3 is 9.47 Å². The maximum Gasteiger partial charge on any atom is 0.0741 e. The Balaban J connectivity index is 1.99. The molecule has 2 aliphatic heterocycles. The van der Waals surface area contributed by atoms with E-state index in [0.29, 0.717) is 18.5 Å². The van der Waals surface area contributed by atoms with Crippen LogP contribution in [0, 0.1) is 11.3 Å². The van der Waals surface area contributed by atoms with E-state index in [9.17, 15) is 0 Å². The van der Waals surface area contributed by atoms with Crippen LogP contribution in [0.5, 0.6) is 0 Å². The van der Waals surface area contributed by atoms with E-state index in [1.807, 2.05) is 0 Å². The zero-order valence-electron chi connectivity index (χ0n) is 12.2. The normalized spacial score (nSPS) is 26.8. The molecule has 19 heavy (non-hydrogen) atoms. The minimum absolute atomic E-state index is 0.0426. The Morgan fingerprint density at radius 2 is 2.05 bits per heavy atom. The highest BCUT2D eigenvalue weighted by molar-refractivity contribution is 4.93. The zero-order chi connectivity index (χ0) is 13.7. The van der Waals surface area contributed by atoms with Crippen molar-refractivity contribution in [2.75, 3.05) is 26.4 Å². The SMILES string of the molecule is CC(C)N(CCC#N)C1CCOC2(CCOCC2)C1. The van der Waals surface area contributed by atoms with E-state index in [4.69, 9.17) is 14.7 Å². The lowest BCUT2D eigenvalue weighted by Gasteiger charge is -2.47. The van der Waals surface area contributed by atoms with Crippen LogP contribution in [0.2, 0.25) is 0 Å². The van der Waals surface area contributed by atoms with Gasteiger partial charge in [-0.3, -0.25) is 4.90 Å². The predicted molar refractivity (Wildman–Crippen MR) is 73.8 cm³/mol. The second kappa shape index (κ2) is 6.69. The summed E-state index contributed by atoms with van der Waals surface area (Å²) in [6.45, 7) is 7.83. The van der Waals surface area contributed by atoms with Gasteiger partial charge in [0.1, 0.15) is 0 Å². The monoisotopic (exact) mass is 266 g/mol. The van der Waals surface area contributed by atoms with Crippen molar-refractivity contribution in [2.24, 2.45) is 0 Å². The molecular formula is C15H26N2O2. The summed E-state index contributed by atoms with van der Waals surface area (Å²) in [6, 6.07) is 3.32. The van der Waals surface area contributed by atoms with Crippen LogP contribution in [-0.4, -0.2) is 49.0 Å². The van der Waals surface area contributed by atoms with Gasteiger partial charge in [-0.15, -0.1) is 0 Å². The molecule has 2 heterocycles. The Morgan fingerprint density at radius 1 is 1.32 bits per heavy atom. The summed E-state index contributed by atoms with van der Waals surface area (Å²) < 4.78 is 11.6. The van der Waals surface area contributed by atoms with Gasteiger partial charge in [0.05, 0.1) is 11.7 Å². The lowest BCUT2D eigenvalue weighted by Crippen LogP contribution is -2.52. The van der Waals surface area contributed by atoms with E-state index in [2.05, 4.69) is 24.8 Å². The summed E-state index contributed by atoms with van der Waals surface area (Å²) in [6.07, 6.45) is 4.85. The topological polar surface area (TPSA) is 45.5 Å². The van der Waals surface area contributed by atoms with Crippen molar-refractivity contribution in [3.05, 3.63) is 0 Å². The van der Waals surface area contributed by atoms with Crippen molar-refractivity contribution < 1.29 is 9.47 Å². The number of nitrogens with zero attached hydrogens (tertiary/aromatic N) is 2. The number of hydrogen-bond acceptors (Lipinski definition) is 4. The molecule has 0 aromatic rings. The average molecular weight is 266 g/mol. The van der Waals surface area contributed by atoms with E-state index >= 15 is 0 Å². The maximum absolute atomic E-state index is 8.82. The van der Waals surface area contributed by atoms with Gasteiger partial charge in [-0.05, 0) is 39.5 Å². The number of rotatable bonds is 4. The molecular weight excluding hydrogens is 240 g/mol. The first kappa shape index (κ1) is 14.8. The molecule has 2 aliphatic rings. The Kier molecular flexibility index (Phi) is 5.20. The lowest BCUT2D eigenvalue weighted by molar-refractivity contribution is -0.153. The van der Waals surface area contributed by atoms with E-state index in [1.165, 1.54) is 0 Å². The van der Waals surface area contributed by atoms with Crippen LogP contribution in [-0.2, 0) is 9.47 Å². The molecule has 2 fully saturated rings. The molecule has 0 amide bonds. The molecule has 108 valence electrons.